The molecule has 7 nitrogen and oxygen atoms in total. The summed E-state index contributed by atoms with van der Waals surface area (Å²) in [5.74, 6) is -1.76. The summed E-state index contributed by atoms with van der Waals surface area (Å²) >= 11 is 0. The predicted molar refractivity (Wildman–Crippen MR) is 37.7 cm³/mol. The van der Waals surface area contributed by atoms with Crippen molar-refractivity contribution < 1.29 is 35.1 Å². The average Bonchev–Trinajstić information content (AvgIpc) is 2.12. The van der Waals surface area contributed by atoms with Crippen molar-refractivity contribution in [3.8, 4) is 0 Å². The first kappa shape index (κ1) is 12.0. The van der Waals surface area contributed by atoms with Crippen LogP contribution < -0.4 is 0 Å². The van der Waals surface area contributed by atoms with Crippen LogP contribution in [-0.4, -0.2) is 62.2 Å². The molecule has 0 aliphatic carbocycles. The Morgan fingerprint density at radius 1 is 1.08 bits per heavy atom. The first-order valence-electron chi connectivity index (χ1n) is 3.32. The van der Waals surface area contributed by atoms with Gasteiger partial charge in [-0.3, -0.25) is 0 Å². The number of carboxylic acids is 1. The summed E-state index contributed by atoms with van der Waals surface area (Å²) < 4.78 is 0. The highest BCUT2D eigenvalue weighted by Gasteiger charge is 2.33. The first-order valence-corrected chi connectivity index (χ1v) is 3.32. The maximum Gasteiger partial charge on any atom is 0.335 e. The van der Waals surface area contributed by atoms with Crippen LogP contribution in [0.15, 0.2) is 0 Å². The topological polar surface area (TPSA) is 135 Å². The maximum absolute atomic E-state index is 10.1. The number of hydrogen-bond acceptors (Lipinski definition) is 6. The molecule has 7 heteroatoms. The second-order valence-corrected chi connectivity index (χ2v) is 2.39. The number of aliphatic carboxylic acids is 1. The lowest BCUT2D eigenvalue weighted by molar-refractivity contribution is -0.163. The summed E-state index contributed by atoms with van der Waals surface area (Å²) in [6.45, 7) is 0. The zero-order chi connectivity index (χ0) is 10.6. The van der Waals surface area contributed by atoms with E-state index in [9.17, 15) is 9.59 Å². The van der Waals surface area contributed by atoms with Gasteiger partial charge in [0.05, 0.1) is 0 Å². The van der Waals surface area contributed by atoms with Crippen molar-refractivity contribution in [1.82, 2.24) is 0 Å². The molecule has 0 aromatic carbocycles. The van der Waals surface area contributed by atoms with Crippen LogP contribution in [0.3, 0.4) is 0 Å². The molecular weight excluding hydrogens is 184 g/mol. The number of aliphatic hydroxyl groups excluding tert-OH is 4. The molecule has 5 N–H and O–H groups in total. The minimum atomic E-state index is -2.25. The fourth-order valence-corrected chi connectivity index (χ4v) is 0.615. The third-order valence-corrected chi connectivity index (χ3v) is 1.42. The molecule has 0 aliphatic rings. The van der Waals surface area contributed by atoms with Gasteiger partial charge < -0.3 is 30.3 Å². The minimum Gasteiger partial charge on any atom is -0.479 e. The van der Waals surface area contributed by atoms with E-state index in [0.29, 0.717) is 0 Å². The van der Waals surface area contributed by atoms with Crippen molar-refractivity contribution in [2.45, 2.75) is 24.4 Å². The molecule has 0 aromatic rings. The van der Waals surface area contributed by atoms with E-state index < -0.39 is 30.4 Å². The van der Waals surface area contributed by atoms with Crippen LogP contribution in [0.25, 0.3) is 0 Å². The lowest BCUT2D eigenvalue weighted by atomic mass is 10.0. The zero-order valence-electron chi connectivity index (χ0n) is 6.44. The van der Waals surface area contributed by atoms with E-state index in [0.717, 1.165) is 0 Å². The third-order valence-electron chi connectivity index (χ3n) is 1.42. The van der Waals surface area contributed by atoms with Crippen LogP contribution in [0, 0.1) is 0 Å². The molecular formula is C6H10O7. The summed E-state index contributed by atoms with van der Waals surface area (Å²) in [4.78, 5) is 20.0. The van der Waals surface area contributed by atoms with Crippen molar-refractivity contribution in [1.29, 1.82) is 0 Å². The highest BCUT2D eigenvalue weighted by atomic mass is 16.4. The summed E-state index contributed by atoms with van der Waals surface area (Å²) in [6, 6.07) is 0. The monoisotopic (exact) mass is 194 g/mol. The van der Waals surface area contributed by atoms with Gasteiger partial charge in [-0.1, -0.05) is 0 Å². The third kappa shape index (κ3) is 3.07. The minimum absolute atomic E-state index is 0.0809. The van der Waals surface area contributed by atoms with E-state index >= 15 is 0 Å². The molecule has 0 saturated carbocycles. The maximum atomic E-state index is 10.1. The van der Waals surface area contributed by atoms with E-state index in [1.54, 1.807) is 0 Å². The van der Waals surface area contributed by atoms with Gasteiger partial charge in [0.1, 0.15) is 18.3 Å². The summed E-state index contributed by atoms with van der Waals surface area (Å²) in [5.41, 5.74) is 0. The normalized spacial score (nSPS) is 20.0. The van der Waals surface area contributed by atoms with Crippen LogP contribution in [-0.2, 0) is 9.59 Å². The van der Waals surface area contributed by atoms with Crippen molar-refractivity contribution >= 4 is 12.3 Å². The predicted octanol–water partition coefficient (Wildman–Crippen LogP) is -3.29. The molecule has 0 bridgehead atoms. The van der Waals surface area contributed by atoms with E-state index in [-0.39, 0.29) is 6.29 Å². The molecule has 76 valence electrons. The fourth-order valence-electron chi connectivity index (χ4n) is 0.615. The quantitative estimate of drug-likeness (QED) is 0.289. The van der Waals surface area contributed by atoms with Gasteiger partial charge in [-0.2, -0.15) is 0 Å². The molecule has 0 fully saturated rings. The van der Waals surface area contributed by atoms with E-state index in [4.69, 9.17) is 25.5 Å². The highest BCUT2D eigenvalue weighted by Crippen LogP contribution is 2.03. The first-order chi connectivity index (χ1) is 5.91. The Hall–Kier alpha value is -1.02. The van der Waals surface area contributed by atoms with Gasteiger partial charge in [-0.15, -0.1) is 0 Å². The van der Waals surface area contributed by atoms with E-state index in [1.807, 2.05) is 0 Å². The SMILES string of the molecule is O=C[C@@H](O)[C@@H](O)[C@@H](O)[C@@H](O)C(=O)O. The molecule has 0 aliphatic heterocycles. The average molecular weight is 194 g/mol. The molecule has 0 radical (unpaired) electrons. The van der Waals surface area contributed by atoms with Crippen molar-refractivity contribution in [3.05, 3.63) is 0 Å². The number of rotatable bonds is 5. The van der Waals surface area contributed by atoms with Gasteiger partial charge in [0.15, 0.2) is 12.4 Å². The molecule has 0 spiro atoms. The standard InChI is InChI=1S/C6H10O7/c7-1-2(8)3(9)4(10)5(11)6(12)13/h1-5,8-11H,(H,12,13)/t2-,3-,4-,5-/m1/s1. The Morgan fingerprint density at radius 3 is 1.85 bits per heavy atom. The van der Waals surface area contributed by atoms with Crippen molar-refractivity contribution in [2.24, 2.45) is 0 Å². The van der Waals surface area contributed by atoms with Crippen molar-refractivity contribution in [3.63, 3.8) is 0 Å². The molecule has 4 atom stereocenters. The van der Waals surface area contributed by atoms with E-state index in [1.165, 1.54) is 0 Å². The van der Waals surface area contributed by atoms with E-state index in [2.05, 4.69) is 0 Å². The second-order valence-electron chi connectivity index (χ2n) is 2.39. The van der Waals surface area contributed by atoms with Gasteiger partial charge in [0.25, 0.3) is 0 Å². The number of aldehydes is 1. The number of carboxylic acid groups (broad SMARTS) is 1. The fraction of sp³-hybridized carbons (Fsp3) is 0.667. The Balaban J connectivity index is 4.32. The molecule has 0 saturated heterocycles. The van der Waals surface area contributed by atoms with Gasteiger partial charge >= 0.3 is 5.97 Å². The van der Waals surface area contributed by atoms with Crippen molar-refractivity contribution in [2.75, 3.05) is 0 Å². The van der Waals surface area contributed by atoms with Crippen LogP contribution in [0.1, 0.15) is 0 Å². The lowest BCUT2D eigenvalue weighted by Gasteiger charge is -2.21. The molecule has 0 aromatic heterocycles. The Labute approximate surface area is 72.9 Å². The number of carbonyl (C=O) groups is 2. The number of hydrogen-bond donors (Lipinski definition) is 5. The Morgan fingerprint density at radius 2 is 1.54 bits per heavy atom. The van der Waals surface area contributed by atoms with Gasteiger partial charge in [-0.25, -0.2) is 4.79 Å². The van der Waals surface area contributed by atoms with Gasteiger partial charge in [0, 0.05) is 0 Å². The Kier molecular flexibility index (Phi) is 4.49. The smallest absolute Gasteiger partial charge is 0.335 e. The second kappa shape index (κ2) is 4.87. The molecule has 0 amide bonds. The Bertz CT molecular complexity index is 191. The highest BCUT2D eigenvalue weighted by molar-refractivity contribution is 5.73. The molecule has 0 unspecified atom stereocenters. The number of aliphatic hydroxyl groups is 4. The summed E-state index contributed by atoms with van der Waals surface area (Å²) in [5, 5.41) is 43.2. The lowest BCUT2D eigenvalue weighted by Crippen LogP contribution is -2.48. The largest absolute Gasteiger partial charge is 0.479 e. The molecule has 0 heterocycles. The summed E-state index contributed by atoms with van der Waals surface area (Å²) in [6.07, 6.45) is -8.39. The number of carbonyl (C=O) groups excluding carboxylic acids is 1. The van der Waals surface area contributed by atoms with Crippen LogP contribution in [0.4, 0.5) is 0 Å². The van der Waals surface area contributed by atoms with Crippen LogP contribution in [0.2, 0.25) is 0 Å². The summed E-state index contributed by atoms with van der Waals surface area (Å²) in [7, 11) is 0. The van der Waals surface area contributed by atoms with Crippen LogP contribution in [0.5, 0.6) is 0 Å². The van der Waals surface area contributed by atoms with Crippen LogP contribution >= 0.6 is 0 Å². The zero-order valence-corrected chi connectivity index (χ0v) is 6.44. The van der Waals surface area contributed by atoms with Gasteiger partial charge in [-0.05, 0) is 0 Å². The molecule has 13 heavy (non-hydrogen) atoms. The van der Waals surface area contributed by atoms with Gasteiger partial charge in [0.2, 0.25) is 0 Å². The molecule has 0 rings (SSSR count).